The Morgan fingerprint density at radius 2 is 1.65 bits per heavy atom. The van der Waals surface area contributed by atoms with E-state index in [-0.39, 0.29) is 23.6 Å². The molecule has 2 saturated heterocycles. The fraction of sp³-hybridized carbons (Fsp3) is 0.552. The van der Waals surface area contributed by atoms with Gasteiger partial charge in [-0.3, -0.25) is 23.8 Å². The van der Waals surface area contributed by atoms with Gasteiger partial charge in [-0.1, -0.05) is 0 Å². The normalized spacial score (nSPS) is 18.2. The molecule has 1 amide bonds. The lowest BCUT2D eigenvalue weighted by atomic mass is 9.93. The number of halogens is 3. The summed E-state index contributed by atoms with van der Waals surface area (Å²) in [5, 5.41) is 0. The highest BCUT2D eigenvalue weighted by atomic mass is 19.4. The van der Waals surface area contributed by atoms with E-state index >= 15 is 0 Å². The van der Waals surface area contributed by atoms with Crippen molar-refractivity contribution in [1.29, 1.82) is 0 Å². The molecule has 2 aliphatic rings. The number of carbonyl (C=O) groups is 1. The molecule has 2 fully saturated rings. The van der Waals surface area contributed by atoms with Crippen LogP contribution >= 0.6 is 0 Å². The first-order chi connectivity index (χ1) is 19.1. The summed E-state index contributed by atoms with van der Waals surface area (Å²) in [7, 11) is 3.73. The molecule has 0 unspecified atom stereocenters. The molecule has 8 nitrogen and oxygen atoms in total. The van der Waals surface area contributed by atoms with E-state index in [2.05, 4.69) is 9.88 Å². The van der Waals surface area contributed by atoms with Crippen LogP contribution in [0.15, 0.2) is 47.5 Å². The highest BCUT2D eigenvalue weighted by Crippen LogP contribution is 2.33. The summed E-state index contributed by atoms with van der Waals surface area (Å²) in [6.07, 6.45) is 1.95. The number of likely N-dealkylation sites (tertiary alicyclic amines) is 2. The highest BCUT2D eigenvalue weighted by Gasteiger charge is 2.34. The fourth-order valence-electron chi connectivity index (χ4n) is 6.01. The SMILES string of the molecule is CN(C)CCn1c(=O)n(C2CCN(C(=O)C3CCN(Cc4ccncc4)CC3)CC2)c2ccc(C(F)(F)F)cc21. The third-order valence-electron chi connectivity index (χ3n) is 8.29. The number of hydrogen-bond donors (Lipinski definition) is 0. The number of aromatic nitrogens is 3. The van der Waals surface area contributed by atoms with Crippen molar-refractivity contribution in [3.63, 3.8) is 0 Å². The molecule has 0 radical (unpaired) electrons. The van der Waals surface area contributed by atoms with Crippen LogP contribution in [0.3, 0.4) is 0 Å². The number of carbonyl (C=O) groups excluding carboxylic acids is 1. The van der Waals surface area contributed by atoms with Crippen molar-refractivity contribution >= 4 is 16.9 Å². The predicted molar refractivity (Wildman–Crippen MR) is 147 cm³/mol. The predicted octanol–water partition coefficient (Wildman–Crippen LogP) is 3.85. The van der Waals surface area contributed by atoms with E-state index < -0.39 is 11.7 Å². The number of amides is 1. The van der Waals surface area contributed by atoms with Gasteiger partial charge in [-0.05, 0) is 88.8 Å². The van der Waals surface area contributed by atoms with E-state index in [0.717, 1.165) is 44.6 Å². The summed E-state index contributed by atoms with van der Waals surface area (Å²) in [5.41, 5.74) is 0.988. The minimum atomic E-state index is -4.49. The van der Waals surface area contributed by atoms with Gasteiger partial charge in [-0.2, -0.15) is 13.2 Å². The Morgan fingerprint density at radius 3 is 2.27 bits per heavy atom. The summed E-state index contributed by atoms with van der Waals surface area (Å²) in [5.74, 6) is 0.180. The number of imidazole rings is 1. The quantitative estimate of drug-likeness (QED) is 0.441. The molecule has 1 aromatic carbocycles. The Kier molecular flexibility index (Phi) is 8.32. The number of rotatable bonds is 7. The Labute approximate surface area is 232 Å². The Hall–Kier alpha value is -3.18. The van der Waals surface area contributed by atoms with Gasteiger partial charge < -0.3 is 9.80 Å². The van der Waals surface area contributed by atoms with E-state index in [1.54, 1.807) is 17.0 Å². The minimum absolute atomic E-state index is 0.00157. The lowest BCUT2D eigenvalue weighted by Crippen LogP contribution is -2.46. The molecule has 0 aliphatic carbocycles. The molecule has 3 aromatic rings. The zero-order valence-corrected chi connectivity index (χ0v) is 23.1. The third kappa shape index (κ3) is 6.10. The molecule has 4 heterocycles. The second-order valence-corrected chi connectivity index (χ2v) is 11.3. The van der Waals surface area contributed by atoms with E-state index in [9.17, 15) is 22.8 Å². The van der Waals surface area contributed by atoms with Gasteiger partial charge in [0.1, 0.15) is 0 Å². The maximum atomic E-state index is 13.5. The van der Waals surface area contributed by atoms with Crippen LogP contribution in [0.25, 0.3) is 11.0 Å². The second kappa shape index (κ2) is 11.7. The van der Waals surface area contributed by atoms with Gasteiger partial charge in [0.15, 0.2) is 0 Å². The van der Waals surface area contributed by atoms with Crippen LogP contribution < -0.4 is 5.69 Å². The smallest absolute Gasteiger partial charge is 0.342 e. The lowest BCUT2D eigenvalue weighted by Gasteiger charge is -2.37. The summed E-state index contributed by atoms with van der Waals surface area (Å²) >= 11 is 0. The zero-order valence-electron chi connectivity index (χ0n) is 23.1. The molecule has 0 atom stereocenters. The zero-order chi connectivity index (χ0) is 28.4. The molecule has 0 saturated carbocycles. The summed E-state index contributed by atoms with van der Waals surface area (Å²) in [6.45, 7) is 4.51. The van der Waals surface area contributed by atoms with Gasteiger partial charge in [-0.25, -0.2) is 4.79 Å². The monoisotopic (exact) mass is 558 g/mol. The molecule has 40 heavy (non-hydrogen) atoms. The average Bonchev–Trinajstić information content (AvgIpc) is 3.22. The van der Waals surface area contributed by atoms with Crippen molar-refractivity contribution in [3.8, 4) is 0 Å². The molecule has 2 aromatic heterocycles. The van der Waals surface area contributed by atoms with Crippen molar-refractivity contribution in [2.75, 3.05) is 46.8 Å². The van der Waals surface area contributed by atoms with Gasteiger partial charge in [0.2, 0.25) is 5.91 Å². The van der Waals surface area contributed by atoms with Crippen molar-refractivity contribution in [1.82, 2.24) is 28.8 Å². The van der Waals surface area contributed by atoms with Gasteiger partial charge >= 0.3 is 11.9 Å². The van der Waals surface area contributed by atoms with Gasteiger partial charge in [0.25, 0.3) is 0 Å². The maximum absolute atomic E-state index is 13.5. The minimum Gasteiger partial charge on any atom is -0.342 e. The standard InChI is InChI=1S/C29H37F3N6O2/c1-34(2)17-18-37-26-19-23(29(30,31)32)3-4-25(26)38(28(37)40)24-9-15-36(16-10-24)27(39)22-7-13-35(14-8-22)20-21-5-11-33-12-6-21/h3-6,11-12,19,22,24H,7-10,13-18,20H2,1-2H3. The first-order valence-corrected chi connectivity index (χ1v) is 14.0. The number of benzene rings is 1. The summed E-state index contributed by atoms with van der Waals surface area (Å²) in [6, 6.07) is 7.42. The van der Waals surface area contributed by atoms with E-state index in [1.807, 2.05) is 36.0 Å². The molecule has 216 valence electrons. The van der Waals surface area contributed by atoms with E-state index in [1.165, 1.54) is 16.2 Å². The first-order valence-electron chi connectivity index (χ1n) is 14.0. The molecule has 2 aliphatic heterocycles. The Morgan fingerprint density at radius 1 is 0.975 bits per heavy atom. The molecule has 0 bridgehead atoms. The first kappa shape index (κ1) is 28.4. The Bertz CT molecular complexity index is 1370. The number of nitrogens with zero attached hydrogens (tertiary/aromatic N) is 6. The van der Waals surface area contributed by atoms with Crippen LogP contribution in [0, 0.1) is 5.92 Å². The molecular formula is C29H37F3N6O2. The fourth-order valence-corrected chi connectivity index (χ4v) is 6.01. The maximum Gasteiger partial charge on any atom is 0.416 e. The molecular weight excluding hydrogens is 521 g/mol. The summed E-state index contributed by atoms with van der Waals surface area (Å²) < 4.78 is 43.5. The molecule has 0 spiro atoms. The third-order valence-corrected chi connectivity index (χ3v) is 8.29. The van der Waals surface area contributed by atoms with E-state index in [0.29, 0.717) is 50.1 Å². The van der Waals surface area contributed by atoms with Crippen LogP contribution in [0.4, 0.5) is 13.2 Å². The number of piperidine rings is 2. The largest absolute Gasteiger partial charge is 0.416 e. The second-order valence-electron chi connectivity index (χ2n) is 11.3. The average molecular weight is 559 g/mol. The lowest BCUT2D eigenvalue weighted by molar-refractivity contribution is -0.138. The van der Waals surface area contributed by atoms with Crippen LogP contribution in [0.1, 0.15) is 42.9 Å². The van der Waals surface area contributed by atoms with Crippen LogP contribution in [-0.2, 0) is 24.1 Å². The van der Waals surface area contributed by atoms with E-state index in [4.69, 9.17) is 0 Å². The molecule has 0 N–H and O–H groups in total. The van der Waals surface area contributed by atoms with Crippen molar-refractivity contribution in [2.45, 2.75) is 51.0 Å². The molecule has 5 rings (SSSR count). The topological polar surface area (TPSA) is 66.6 Å². The van der Waals surface area contributed by atoms with Crippen molar-refractivity contribution in [3.05, 3.63) is 64.3 Å². The number of likely N-dealkylation sites (N-methyl/N-ethyl adjacent to an activating group) is 1. The van der Waals surface area contributed by atoms with Gasteiger partial charge in [-0.15, -0.1) is 0 Å². The van der Waals surface area contributed by atoms with Crippen LogP contribution in [0.2, 0.25) is 0 Å². The Balaban J connectivity index is 1.25. The van der Waals surface area contributed by atoms with Gasteiger partial charge in [0, 0.05) is 57.1 Å². The summed E-state index contributed by atoms with van der Waals surface area (Å²) in [4.78, 5) is 37.1. The number of fused-ring (bicyclic) bond motifs is 1. The highest BCUT2D eigenvalue weighted by molar-refractivity contribution is 5.79. The number of pyridine rings is 1. The van der Waals surface area contributed by atoms with Crippen LogP contribution in [-0.4, -0.2) is 81.5 Å². The van der Waals surface area contributed by atoms with Crippen molar-refractivity contribution in [2.24, 2.45) is 5.92 Å². The number of alkyl halides is 3. The van der Waals surface area contributed by atoms with Crippen LogP contribution in [0.5, 0.6) is 0 Å². The van der Waals surface area contributed by atoms with Gasteiger partial charge in [0.05, 0.1) is 16.6 Å². The van der Waals surface area contributed by atoms with Crippen molar-refractivity contribution < 1.29 is 18.0 Å². The number of hydrogen-bond acceptors (Lipinski definition) is 5. The molecule has 11 heteroatoms.